The molecule has 2 unspecified atom stereocenters. The second kappa shape index (κ2) is 6.06. The summed E-state index contributed by atoms with van der Waals surface area (Å²) in [6, 6.07) is 9.39. The van der Waals surface area contributed by atoms with Gasteiger partial charge in [0, 0.05) is 31.4 Å². The number of anilines is 1. The van der Waals surface area contributed by atoms with Gasteiger partial charge in [0.15, 0.2) is 0 Å². The van der Waals surface area contributed by atoms with Crippen molar-refractivity contribution in [3.63, 3.8) is 0 Å². The molecule has 2 aliphatic heterocycles. The lowest BCUT2D eigenvalue weighted by molar-refractivity contribution is -0.122. The van der Waals surface area contributed by atoms with E-state index in [2.05, 4.69) is 53.6 Å². The van der Waals surface area contributed by atoms with E-state index >= 15 is 0 Å². The van der Waals surface area contributed by atoms with Crippen LogP contribution in [0.15, 0.2) is 24.3 Å². The summed E-state index contributed by atoms with van der Waals surface area (Å²) in [6.07, 6.45) is 2.12. The van der Waals surface area contributed by atoms with Crippen LogP contribution in [0, 0.1) is 5.92 Å². The van der Waals surface area contributed by atoms with Gasteiger partial charge in [-0.1, -0.05) is 32.0 Å². The Balaban J connectivity index is 1.84. The van der Waals surface area contributed by atoms with Crippen molar-refractivity contribution in [3.8, 4) is 0 Å². The SMILES string of the molecule is CC(C)NCc1ccccc1N1CCCC2C(=O)NCC21. The van der Waals surface area contributed by atoms with Gasteiger partial charge < -0.3 is 15.5 Å². The number of carbonyl (C=O) groups is 1. The van der Waals surface area contributed by atoms with Crippen LogP contribution in [-0.4, -0.2) is 31.1 Å². The highest BCUT2D eigenvalue weighted by Crippen LogP contribution is 2.33. The third-order valence-corrected chi connectivity index (χ3v) is 4.60. The summed E-state index contributed by atoms with van der Waals surface area (Å²) < 4.78 is 0. The zero-order valence-corrected chi connectivity index (χ0v) is 12.9. The molecule has 2 N–H and O–H groups in total. The van der Waals surface area contributed by atoms with Crippen LogP contribution >= 0.6 is 0 Å². The fourth-order valence-electron chi connectivity index (χ4n) is 3.51. The van der Waals surface area contributed by atoms with Crippen molar-refractivity contribution in [3.05, 3.63) is 29.8 Å². The van der Waals surface area contributed by atoms with Gasteiger partial charge in [-0.25, -0.2) is 0 Å². The second-order valence-corrected chi connectivity index (χ2v) is 6.42. The summed E-state index contributed by atoms with van der Waals surface area (Å²) in [5.74, 6) is 0.410. The lowest BCUT2D eigenvalue weighted by Crippen LogP contribution is -2.46. The van der Waals surface area contributed by atoms with Crippen molar-refractivity contribution in [1.82, 2.24) is 10.6 Å². The standard InChI is InChI=1S/C17H25N3O/c1-12(2)18-10-13-6-3-4-8-15(13)20-9-5-7-14-16(20)11-19-17(14)21/h3-4,6,8,12,14,16,18H,5,7,9-11H2,1-2H3,(H,19,21). The molecule has 0 spiro atoms. The van der Waals surface area contributed by atoms with Crippen molar-refractivity contribution in [2.75, 3.05) is 18.0 Å². The molecule has 2 atom stereocenters. The van der Waals surface area contributed by atoms with Crippen LogP contribution in [0.1, 0.15) is 32.3 Å². The minimum atomic E-state index is 0.171. The first kappa shape index (κ1) is 14.4. The Labute approximate surface area is 126 Å². The number of benzene rings is 1. The van der Waals surface area contributed by atoms with Gasteiger partial charge in [0.05, 0.1) is 12.0 Å². The number of carbonyl (C=O) groups excluding carboxylic acids is 1. The van der Waals surface area contributed by atoms with E-state index in [-0.39, 0.29) is 11.8 Å². The zero-order chi connectivity index (χ0) is 14.8. The van der Waals surface area contributed by atoms with Crippen LogP contribution in [0.25, 0.3) is 0 Å². The minimum absolute atomic E-state index is 0.171. The van der Waals surface area contributed by atoms with Gasteiger partial charge in [-0.3, -0.25) is 4.79 Å². The van der Waals surface area contributed by atoms with Crippen LogP contribution in [-0.2, 0) is 11.3 Å². The molecule has 2 fully saturated rings. The third kappa shape index (κ3) is 2.91. The summed E-state index contributed by atoms with van der Waals surface area (Å²) in [4.78, 5) is 14.4. The molecule has 0 radical (unpaired) electrons. The van der Waals surface area contributed by atoms with Gasteiger partial charge >= 0.3 is 0 Å². The van der Waals surface area contributed by atoms with Crippen LogP contribution < -0.4 is 15.5 Å². The number of nitrogens with one attached hydrogen (secondary N) is 2. The first-order valence-corrected chi connectivity index (χ1v) is 8.02. The highest BCUT2D eigenvalue weighted by molar-refractivity contribution is 5.83. The number of nitrogens with zero attached hydrogens (tertiary/aromatic N) is 1. The highest BCUT2D eigenvalue weighted by atomic mass is 16.2. The number of amides is 1. The summed E-state index contributed by atoms with van der Waals surface area (Å²) in [5.41, 5.74) is 2.61. The number of hydrogen-bond donors (Lipinski definition) is 2. The molecular weight excluding hydrogens is 262 g/mol. The molecule has 1 amide bonds. The Bertz CT molecular complexity index is 515. The summed E-state index contributed by atoms with van der Waals surface area (Å²) in [7, 11) is 0. The molecule has 4 nitrogen and oxygen atoms in total. The fraction of sp³-hybridized carbons (Fsp3) is 0.588. The van der Waals surface area contributed by atoms with E-state index in [1.165, 1.54) is 11.3 Å². The maximum Gasteiger partial charge on any atom is 0.225 e. The number of rotatable bonds is 4. The summed E-state index contributed by atoms with van der Waals surface area (Å²) in [6.45, 7) is 7.05. The van der Waals surface area contributed by atoms with Crippen molar-refractivity contribution in [1.29, 1.82) is 0 Å². The van der Waals surface area contributed by atoms with Gasteiger partial charge in [-0.05, 0) is 24.5 Å². The maximum absolute atomic E-state index is 11.9. The van der Waals surface area contributed by atoms with E-state index in [0.717, 1.165) is 32.5 Å². The molecule has 2 aliphatic rings. The average molecular weight is 287 g/mol. The molecular formula is C17H25N3O. The third-order valence-electron chi connectivity index (χ3n) is 4.60. The Hall–Kier alpha value is -1.55. The fourth-order valence-corrected chi connectivity index (χ4v) is 3.51. The van der Waals surface area contributed by atoms with Crippen LogP contribution in [0.5, 0.6) is 0 Å². The highest BCUT2D eigenvalue weighted by Gasteiger charge is 2.41. The first-order chi connectivity index (χ1) is 10.2. The van der Waals surface area contributed by atoms with Gasteiger partial charge in [0.2, 0.25) is 5.91 Å². The lowest BCUT2D eigenvalue weighted by Gasteiger charge is -2.39. The van der Waals surface area contributed by atoms with Gasteiger partial charge in [0.25, 0.3) is 0 Å². The number of para-hydroxylation sites is 1. The number of hydrogen-bond acceptors (Lipinski definition) is 3. The Morgan fingerprint density at radius 2 is 2.19 bits per heavy atom. The largest absolute Gasteiger partial charge is 0.366 e. The monoisotopic (exact) mass is 287 g/mol. The number of piperidine rings is 1. The molecule has 114 valence electrons. The van der Waals surface area contributed by atoms with Crippen molar-refractivity contribution in [2.45, 2.75) is 45.3 Å². The Morgan fingerprint density at radius 1 is 1.38 bits per heavy atom. The lowest BCUT2D eigenvalue weighted by atomic mass is 9.90. The number of fused-ring (bicyclic) bond motifs is 1. The molecule has 2 heterocycles. The molecule has 1 aromatic rings. The predicted octanol–water partition coefficient (Wildman–Crippen LogP) is 1.90. The van der Waals surface area contributed by atoms with E-state index in [4.69, 9.17) is 0 Å². The molecule has 0 aliphatic carbocycles. The van der Waals surface area contributed by atoms with Crippen molar-refractivity contribution >= 4 is 11.6 Å². The molecule has 4 heteroatoms. The van der Waals surface area contributed by atoms with E-state index in [1.807, 2.05) is 0 Å². The smallest absolute Gasteiger partial charge is 0.225 e. The molecule has 0 saturated carbocycles. The first-order valence-electron chi connectivity index (χ1n) is 8.02. The van der Waals surface area contributed by atoms with E-state index in [0.29, 0.717) is 12.1 Å². The van der Waals surface area contributed by atoms with Crippen LogP contribution in [0.2, 0.25) is 0 Å². The van der Waals surface area contributed by atoms with Gasteiger partial charge in [-0.15, -0.1) is 0 Å². The maximum atomic E-state index is 11.9. The van der Waals surface area contributed by atoms with E-state index < -0.39 is 0 Å². The molecule has 3 rings (SSSR count). The molecule has 2 saturated heterocycles. The molecule has 1 aromatic carbocycles. The summed E-state index contributed by atoms with van der Waals surface area (Å²) >= 11 is 0. The Kier molecular flexibility index (Phi) is 4.15. The van der Waals surface area contributed by atoms with Crippen molar-refractivity contribution in [2.24, 2.45) is 5.92 Å². The van der Waals surface area contributed by atoms with Gasteiger partial charge in [-0.2, -0.15) is 0 Å². The zero-order valence-electron chi connectivity index (χ0n) is 12.9. The predicted molar refractivity (Wildman–Crippen MR) is 85.3 cm³/mol. The van der Waals surface area contributed by atoms with Crippen molar-refractivity contribution < 1.29 is 4.79 Å². The average Bonchev–Trinajstić information content (AvgIpc) is 2.87. The topological polar surface area (TPSA) is 44.4 Å². The molecule has 0 bridgehead atoms. The Morgan fingerprint density at radius 3 is 3.00 bits per heavy atom. The van der Waals surface area contributed by atoms with Crippen LogP contribution in [0.3, 0.4) is 0 Å². The summed E-state index contributed by atoms with van der Waals surface area (Å²) in [5, 5.41) is 6.54. The quantitative estimate of drug-likeness (QED) is 0.889. The minimum Gasteiger partial charge on any atom is -0.366 e. The van der Waals surface area contributed by atoms with E-state index in [9.17, 15) is 4.79 Å². The van der Waals surface area contributed by atoms with Crippen LogP contribution in [0.4, 0.5) is 5.69 Å². The normalized spacial score (nSPS) is 25.1. The second-order valence-electron chi connectivity index (χ2n) is 6.42. The molecule has 0 aromatic heterocycles. The van der Waals surface area contributed by atoms with Gasteiger partial charge in [0.1, 0.15) is 0 Å². The molecule has 21 heavy (non-hydrogen) atoms. The van der Waals surface area contributed by atoms with E-state index in [1.54, 1.807) is 0 Å².